The van der Waals surface area contributed by atoms with E-state index in [1.165, 1.54) is 52.4 Å². The number of unbranched alkanes of at least 4 members (excludes halogenated alkanes) is 8. The van der Waals surface area contributed by atoms with Crippen LogP contribution in [0.25, 0.3) is 11.2 Å². The zero-order chi connectivity index (χ0) is 45.4. The van der Waals surface area contributed by atoms with E-state index in [9.17, 15) is 57.9 Å². The minimum atomic E-state index is -5.57. The third-order valence-corrected chi connectivity index (χ3v) is 13.3. The molecule has 1 aliphatic heterocycles. The fraction of sp³-hybridized carbons (Fsp3) is 0.758. The molecule has 1 fully saturated rings. The molecule has 3 heterocycles. The standard InChI is InChI=1S/C33H58N7O17P3S.Li/c1-4-5-6-7-8-9-10-11-12-13-24(42)61-17-16-35-23(41)14-15-36-31(45)28(44)33(2,3)19-54-60(51,52)57-59(49,50)53-18-22-27(56-58(46,47)48)26(43)32(55-22)40-21-39-25-29(34)37-20-38-30(25)40;/h20-22,26-28,32,43-44H,4-19H2,1-3H3,(H,35,41)(H,36,45)(H,49,50)(H,51,52)(H2,34,37,38)(H2,46,47,48);/t22-,26-,27-,28+,32-;/m1./s1. The molecule has 2 unspecified atom stereocenters. The number of rotatable bonds is 29. The van der Waals surface area contributed by atoms with Gasteiger partial charge in [0, 0.05) is 56.0 Å². The fourth-order valence-electron chi connectivity index (χ4n) is 5.95. The van der Waals surface area contributed by atoms with Crippen LogP contribution in [0, 0.1) is 5.41 Å². The van der Waals surface area contributed by atoms with E-state index in [4.69, 9.17) is 19.5 Å². The van der Waals surface area contributed by atoms with Crippen LogP contribution < -0.4 is 16.4 Å². The monoisotopic (exact) mass is 956 g/mol. The smallest absolute Gasteiger partial charge is 0.386 e. The number of hydrogen-bond acceptors (Lipinski definition) is 18. The van der Waals surface area contributed by atoms with Gasteiger partial charge in [0.05, 0.1) is 19.5 Å². The van der Waals surface area contributed by atoms with Crippen LogP contribution in [-0.2, 0) is 50.7 Å². The third-order valence-electron chi connectivity index (χ3n) is 9.25. The molecule has 2 amide bonds. The first kappa shape index (κ1) is 56.3. The van der Waals surface area contributed by atoms with Crippen molar-refractivity contribution in [1.29, 1.82) is 0 Å². The summed E-state index contributed by atoms with van der Waals surface area (Å²) in [6.45, 7) is 2.76. The van der Waals surface area contributed by atoms with Gasteiger partial charge in [-0.05, 0) is 6.42 Å². The molecule has 2 aromatic rings. The molecule has 7 atom stereocenters. The number of fused-ring (bicyclic) bond motifs is 1. The Bertz CT molecular complexity index is 1900. The number of carbonyl (C=O) groups excluding carboxylic acids is 3. The van der Waals surface area contributed by atoms with Crippen LogP contribution in [0.4, 0.5) is 5.82 Å². The molecule has 2 aromatic heterocycles. The van der Waals surface area contributed by atoms with Crippen molar-refractivity contribution in [2.24, 2.45) is 5.41 Å². The molecule has 62 heavy (non-hydrogen) atoms. The number of ether oxygens (including phenoxy) is 1. The Kier molecular flexibility index (Phi) is 23.9. The van der Waals surface area contributed by atoms with Crippen molar-refractivity contribution in [1.82, 2.24) is 30.2 Å². The summed E-state index contributed by atoms with van der Waals surface area (Å²) >= 11 is 1.15. The van der Waals surface area contributed by atoms with E-state index >= 15 is 0 Å². The number of hydrogen-bond donors (Lipinski definition) is 9. The fourth-order valence-corrected chi connectivity index (χ4v) is 9.50. The second kappa shape index (κ2) is 26.3. The number of aliphatic hydroxyl groups is 2. The van der Waals surface area contributed by atoms with Crippen molar-refractivity contribution in [3.05, 3.63) is 12.7 Å². The van der Waals surface area contributed by atoms with Gasteiger partial charge in [0.15, 0.2) is 22.8 Å². The average molecular weight is 957 g/mol. The summed E-state index contributed by atoms with van der Waals surface area (Å²) in [6.07, 6.45) is 4.02. The summed E-state index contributed by atoms with van der Waals surface area (Å²) in [7, 11) is -16.4. The van der Waals surface area contributed by atoms with E-state index < -0.39 is 84.6 Å². The maximum Gasteiger partial charge on any atom is 0.481 e. The van der Waals surface area contributed by atoms with Crippen LogP contribution in [0.5, 0.6) is 0 Å². The molecule has 10 N–H and O–H groups in total. The van der Waals surface area contributed by atoms with Gasteiger partial charge in [0.1, 0.15) is 36.3 Å². The number of nitrogens with two attached hydrogens (primary N) is 1. The van der Waals surface area contributed by atoms with Crippen molar-refractivity contribution in [2.75, 3.05) is 37.8 Å². The van der Waals surface area contributed by atoms with Crippen molar-refractivity contribution in [2.45, 2.75) is 122 Å². The summed E-state index contributed by atoms with van der Waals surface area (Å²) in [5.41, 5.74) is 4.28. The van der Waals surface area contributed by atoms with E-state index in [2.05, 4.69) is 41.3 Å². The van der Waals surface area contributed by atoms with E-state index in [0.29, 0.717) is 12.2 Å². The number of nitrogen functional groups attached to an aromatic ring is 1. The first-order valence-corrected chi connectivity index (χ1v) is 25.1. The second-order valence-electron chi connectivity index (χ2n) is 14.9. The van der Waals surface area contributed by atoms with Gasteiger partial charge in [0.2, 0.25) is 11.8 Å². The number of nitrogens with zero attached hydrogens (tertiary/aromatic N) is 4. The molecule has 0 aromatic carbocycles. The number of phosphoric ester groups is 3. The largest absolute Gasteiger partial charge is 0.481 e. The first-order valence-electron chi connectivity index (χ1n) is 19.6. The molecular weight excluding hydrogens is 898 g/mol. The Morgan fingerprint density at radius 3 is 2.21 bits per heavy atom. The number of aliphatic hydroxyl groups excluding tert-OH is 2. The summed E-state index contributed by atoms with van der Waals surface area (Å²) in [5.74, 6) is -1.02. The van der Waals surface area contributed by atoms with Crippen molar-refractivity contribution < 1.29 is 80.5 Å². The summed E-state index contributed by atoms with van der Waals surface area (Å²) in [5, 5.41) is 26.6. The molecular formula is C33H58LiN7O17P3S. The molecule has 3 rings (SSSR count). The van der Waals surface area contributed by atoms with Crippen LogP contribution in [0.15, 0.2) is 12.7 Å². The Morgan fingerprint density at radius 1 is 0.935 bits per heavy atom. The molecule has 1 saturated heterocycles. The number of aromatic nitrogens is 4. The number of carbonyl (C=O) groups is 3. The Morgan fingerprint density at radius 2 is 1.56 bits per heavy atom. The number of imidazole rings is 1. The van der Waals surface area contributed by atoms with Gasteiger partial charge in [-0.3, -0.25) is 32.5 Å². The van der Waals surface area contributed by atoms with Crippen LogP contribution in [0.3, 0.4) is 0 Å². The summed E-state index contributed by atoms with van der Waals surface area (Å²) in [6, 6.07) is 0. The number of amides is 2. The Hall–Kier alpha value is -1.84. The number of thioether (sulfide) groups is 1. The molecule has 0 saturated carbocycles. The molecule has 24 nitrogen and oxygen atoms in total. The van der Waals surface area contributed by atoms with E-state index in [1.54, 1.807) is 0 Å². The van der Waals surface area contributed by atoms with Crippen molar-refractivity contribution in [3.63, 3.8) is 0 Å². The van der Waals surface area contributed by atoms with E-state index in [-0.39, 0.29) is 60.5 Å². The predicted octanol–water partition coefficient (Wildman–Crippen LogP) is 2.20. The predicted molar refractivity (Wildman–Crippen MR) is 225 cm³/mol. The van der Waals surface area contributed by atoms with Crippen molar-refractivity contribution >= 4 is 88.0 Å². The zero-order valence-corrected chi connectivity index (χ0v) is 38.6. The first-order chi connectivity index (χ1) is 28.6. The molecule has 0 spiro atoms. The molecule has 0 bridgehead atoms. The maximum absolute atomic E-state index is 12.7. The quantitative estimate of drug-likeness (QED) is 0.0320. The summed E-state index contributed by atoms with van der Waals surface area (Å²) < 4.78 is 62.3. The van der Waals surface area contributed by atoms with E-state index in [1.807, 2.05) is 0 Å². The number of phosphoric acid groups is 3. The van der Waals surface area contributed by atoms with Gasteiger partial charge in [-0.2, -0.15) is 4.31 Å². The zero-order valence-electron chi connectivity index (χ0n) is 35.1. The van der Waals surface area contributed by atoms with Gasteiger partial charge >= 0.3 is 23.5 Å². The van der Waals surface area contributed by atoms with Crippen LogP contribution in [0.2, 0.25) is 0 Å². The van der Waals surface area contributed by atoms with E-state index in [0.717, 1.165) is 48.2 Å². The minimum absolute atomic E-state index is 0. The Labute approximate surface area is 375 Å². The number of nitrogens with one attached hydrogen (secondary N) is 2. The SMILES string of the molecule is CCCCCCCCCCCC(=O)SCCNC(=O)CCNC(=O)[C@H](O)C(C)(C)COP(=O)(O)OP(=O)(O)OC[C@H]1O[C@@H](n2cnc3c(N)ncnc32)[C@H](O)[C@@H]1OP(=O)(O)O.[Li]. The minimum Gasteiger partial charge on any atom is -0.386 e. The number of anilines is 1. The molecule has 349 valence electrons. The Balaban J connectivity index is 0.0000132. The normalized spacial score (nSPS) is 20.5. The van der Waals surface area contributed by atoms with Gasteiger partial charge in [-0.15, -0.1) is 0 Å². The second-order valence-corrected chi connectivity index (χ2v) is 20.3. The van der Waals surface area contributed by atoms with Gasteiger partial charge in [-0.1, -0.05) is 83.9 Å². The topological polar surface area (TPSA) is 364 Å². The third kappa shape index (κ3) is 19.3. The van der Waals surface area contributed by atoms with Crippen LogP contribution in [-0.4, -0.2) is 142 Å². The molecule has 1 aliphatic rings. The van der Waals surface area contributed by atoms with Gasteiger partial charge in [0.25, 0.3) is 0 Å². The molecule has 1 radical (unpaired) electrons. The molecule has 29 heteroatoms. The summed E-state index contributed by atoms with van der Waals surface area (Å²) in [4.78, 5) is 88.0. The van der Waals surface area contributed by atoms with Gasteiger partial charge in [-0.25, -0.2) is 28.6 Å². The van der Waals surface area contributed by atoms with Gasteiger partial charge < -0.3 is 50.9 Å². The molecule has 0 aliphatic carbocycles. The maximum atomic E-state index is 12.7. The van der Waals surface area contributed by atoms with Crippen LogP contribution >= 0.6 is 35.2 Å². The van der Waals surface area contributed by atoms with Crippen LogP contribution in [0.1, 0.15) is 97.6 Å². The van der Waals surface area contributed by atoms with Crippen molar-refractivity contribution in [3.8, 4) is 0 Å². The average Bonchev–Trinajstić information content (AvgIpc) is 3.73.